The molecular formula is C47H60N8O8. The minimum Gasteiger partial charge on any atom is -0.453 e. The highest BCUT2D eigenvalue weighted by atomic mass is 16.5. The van der Waals surface area contributed by atoms with Gasteiger partial charge in [0.15, 0.2) is 0 Å². The molecule has 5 heterocycles. The number of carbonyl (C=O) groups is 4. The number of likely N-dealkylation sites (N-methyl/N-ethyl adjacent to an activating group) is 1. The van der Waals surface area contributed by atoms with E-state index in [4.69, 9.17) is 28.9 Å². The van der Waals surface area contributed by atoms with Crippen molar-refractivity contribution in [3.05, 3.63) is 72.3 Å². The van der Waals surface area contributed by atoms with Crippen LogP contribution in [-0.4, -0.2) is 119 Å². The molecule has 0 radical (unpaired) electrons. The highest BCUT2D eigenvalue weighted by molar-refractivity contribution is 5.88. The van der Waals surface area contributed by atoms with Crippen LogP contribution in [-0.2, 0) is 28.5 Å². The molecule has 1 saturated carbocycles. The summed E-state index contributed by atoms with van der Waals surface area (Å²) in [5, 5.41) is 5.69. The number of aromatic nitrogens is 4. The molecule has 0 spiro atoms. The van der Waals surface area contributed by atoms with E-state index in [9.17, 15) is 19.2 Å². The predicted molar refractivity (Wildman–Crippen MR) is 234 cm³/mol. The normalized spacial score (nSPS) is 21.5. The zero-order valence-corrected chi connectivity index (χ0v) is 36.6. The zero-order chi connectivity index (χ0) is 44.0. The molecule has 4 aliphatic rings. The van der Waals surface area contributed by atoms with Crippen molar-refractivity contribution in [3.8, 4) is 33.9 Å². The fourth-order valence-corrected chi connectivity index (χ4v) is 9.85. The molecule has 4 N–H and O–H groups in total. The second-order valence-electron chi connectivity index (χ2n) is 17.1. The quantitative estimate of drug-likeness (QED) is 0.0990. The van der Waals surface area contributed by atoms with E-state index in [0.717, 1.165) is 65.1 Å². The number of hydrogen-bond acceptors (Lipinski definition) is 10. The van der Waals surface area contributed by atoms with Gasteiger partial charge in [0.25, 0.3) is 0 Å². The molecule has 2 aromatic carbocycles. The lowest BCUT2D eigenvalue weighted by Crippen LogP contribution is -2.54. The summed E-state index contributed by atoms with van der Waals surface area (Å²) in [4.78, 5) is 73.5. The van der Waals surface area contributed by atoms with Crippen molar-refractivity contribution < 1.29 is 38.1 Å². The van der Waals surface area contributed by atoms with Crippen LogP contribution in [0.4, 0.5) is 9.59 Å². The molecule has 0 bridgehead atoms. The molecule has 336 valence electrons. The predicted octanol–water partition coefficient (Wildman–Crippen LogP) is 6.79. The first kappa shape index (κ1) is 43.9. The SMILES string of the molecule is CCC[C@@H](c1cnc(-c2ccc(-c3ccc(-c4ncc([C@@H]5C[C@H]6C[C@H]6N5C(=O)[C@@H](NC(=O)OC)C5CCOCC5)[nH]4)cc3)cc2)[nH]1)N(CC)C(=O)[C@@H](NC(=O)OC)C1CCOCC1. The first-order chi connectivity index (χ1) is 30.7. The number of amides is 4. The van der Waals surface area contributed by atoms with Crippen LogP contribution >= 0.6 is 0 Å². The lowest BCUT2D eigenvalue weighted by atomic mass is 9.90. The summed E-state index contributed by atoms with van der Waals surface area (Å²) in [6, 6.07) is 14.8. The Bertz CT molecular complexity index is 2200. The van der Waals surface area contributed by atoms with Crippen LogP contribution in [0.1, 0.15) is 88.7 Å². The molecule has 16 nitrogen and oxygen atoms in total. The number of piperidine rings is 1. The van der Waals surface area contributed by atoms with Gasteiger partial charge >= 0.3 is 12.2 Å². The monoisotopic (exact) mass is 864 g/mol. The highest BCUT2D eigenvalue weighted by Crippen LogP contribution is 2.54. The molecule has 4 aromatic rings. The average Bonchev–Trinajstić information content (AvgIpc) is 3.67. The van der Waals surface area contributed by atoms with Crippen molar-refractivity contribution in [2.75, 3.05) is 47.2 Å². The molecule has 0 unspecified atom stereocenters. The summed E-state index contributed by atoms with van der Waals surface area (Å²) in [5.41, 5.74) is 5.66. The van der Waals surface area contributed by atoms with Crippen LogP contribution in [0.5, 0.6) is 0 Å². The van der Waals surface area contributed by atoms with Crippen molar-refractivity contribution in [1.29, 1.82) is 0 Å². The molecule has 63 heavy (non-hydrogen) atoms. The van der Waals surface area contributed by atoms with Crippen molar-refractivity contribution in [3.63, 3.8) is 0 Å². The van der Waals surface area contributed by atoms with E-state index in [1.165, 1.54) is 14.2 Å². The topological polar surface area (TPSA) is 193 Å². The van der Waals surface area contributed by atoms with Gasteiger partial charge in [0.1, 0.15) is 23.7 Å². The van der Waals surface area contributed by atoms with E-state index in [1.807, 2.05) is 53.4 Å². The van der Waals surface area contributed by atoms with Crippen LogP contribution in [0.3, 0.4) is 0 Å². The third-order valence-corrected chi connectivity index (χ3v) is 13.4. The number of nitrogens with zero attached hydrogens (tertiary/aromatic N) is 4. The Morgan fingerprint density at radius 3 is 1.83 bits per heavy atom. The largest absolute Gasteiger partial charge is 0.453 e. The molecular weight excluding hydrogens is 805 g/mol. The van der Waals surface area contributed by atoms with Gasteiger partial charge in [-0.05, 0) is 80.8 Å². The van der Waals surface area contributed by atoms with Gasteiger partial charge in [0.05, 0.1) is 50.1 Å². The van der Waals surface area contributed by atoms with Gasteiger partial charge in [0, 0.05) is 50.1 Å². The fraction of sp³-hybridized carbons (Fsp3) is 0.532. The van der Waals surface area contributed by atoms with Crippen molar-refractivity contribution in [1.82, 2.24) is 40.4 Å². The second-order valence-corrected chi connectivity index (χ2v) is 17.1. The number of carbonyl (C=O) groups excluding carboxylic acids is 4. The summed E-state index contributed by atoms with van der Waals surface area (Å²) < 4.78 is 20.9. The van der Waals surface area contributed by atoms with Crippen LogP contribution in [0, 0.1) is 17.8 Å². The van der Waals surface area contributed by atoms with Gasteiger partial charge in [-0.1, -0.05) is 61.9 Å². The zero-order valence-electron chi connectivity index (χ0n) is 36.6. The minimum absolute atomic E-state index is 0.0198. The molecule has 6 atom stereocenters. The lowest BCUT2D eigenvalue weighted by molar-refractivity contribution is -0.139. The molecule has 8 rings (SSSR count). The fourth-order valence-electron chi connectivity index (χ4n) is 9.85. The third kappa shape index (κ3) is 9.61. The van der Waals surface area contributed by atoms with Gasteiger partial charge in [-0.15, -0.1) is 0 Å². The van der Waals surface area contributed by atoms with Crippen molar-refractivity contribution in [2.24, 2.45) is 17.8 Å². The lowest BCUT2D eigenvalue weighted by Gasteiger charge is -2.37. The van der Waals surface area contributed by atoms with E-state index >= 15 is 0 Å². The van der Waals surface area contributed by atoms with Crippen LogP contribution in [0.2, 0.25) is 0 Å². The second kappa shape index (κ2) is 19.8. The number of imidazole rings is 2. The van der Waals surface area contributed by atoms with E-state index in [-0.39, 0.29) is 41.8 Å². The Labute approximate surface area is 368 Å². The number of H-pyrrole nitrogens is 2. The first-order valence-corrected chi connectivity index (χ1v) is 22.5. The van der Waals surface area contributed by atoms with Gasteiger partial charge in [-0.25, -0.2) is 19.6 Å². The summed E-state index contributed by atoms with van der Waals surface area (Å²) in [7, 11) is 2.63. The molecule has 3 aliphatic heterocycles. The Morgan fingerprint density at radius 1 is 0.746 bits per heavy atom. The van der Waals surface area contributed by atoms with Gasteiger partial charge in [-0.3, -0.25) is 9.59 Å². The third-order valence-electron chi connectivity index (χ3n) is 13.4. The number of fused-ring (bicyclic) bond motifs is 1. The van der Waals surface area contributed by atoms with E-state index in [0.29, 0.717) is 70.4 Å². The summed E-state index contributed by atoms with van der Waals surface area (Å²) in [5.74, 6) is 1.60. The Kier molecular flexibility index (Phi) is 13.8. The van der Waals surface area contributed by atoms with Gasteiger partial charge < -0.3 is 49.3 Å². The number of nitrogens with one attached hydrogen (secondary N) is 4. The Balaban J connectivity index is 0.937. The molecule has 1 aliphatic carbocycles. The van der Waals surface area contributed by atoms with Gasteiger partial charge in [0.2, 0.25) is 11.8 Å². The van der Waals surface area contributed by atoms with E-state index in [1.54, 1.807) is 0 Å². The highest BCUT2D eigenvalue weighted by Gasteiger charge is 2.56. The Morgan fingerprint density at radius 2 is 1.27 bits per heavy atom. The van der Waals surface area contributed by atoms with E-state index < -0.39 is 24.3 Å². The molecule has 4 fully saturated rings. The molecule has 3 saturated heterocycles. The molecule has 2 aromatic heterocycles. The van der Waals surface area contributed by atoms with Crippen LogP contribution in [0.15, 0.2) is 60.9 Å². The minimum atomic E-state index is -0.716. The van der Waals surface area contributed by atoms with Gasteiger partial charge in [-0.2, -0.15) is 0 Å². The number of hydrogen-bond donors (Lipinski definition) is 4. The number of likely N-dealkylation sites (tertiary alicyclic amines) is 1. The summed E-state index contributed by atoms with van der Waals surface area (Å²) in [6.07, 6.45) is 8.59. The number of ether oxygens (including phenoxy) is 4. The molecule has 16 heteroatoms. The smallest absolute Gasteiger partial charge is 0.407 e. The molecule has 4 amide bonds. The summed E-state index contributed by atoms with van der Waals surface area (Å²) >= 11 is 0. The number of aromatic amines is 2. The maximum atomic E-state index is 14.2. The number of rotatable bonds is 15. The maximum Gasteiger partial charge on any atom is 0.407 e. The average molecular weight is 865 g/mol. The van der Waals surface area contributed by atoms with Crippen LogP contribution < -0.4 is 10.6 Å². The first-order valence-electron chi connectivity index (χ1n) is 22.5. The number of alkyl carbamates (subject to hydrolysis) is 2. The van der Waals surface area contributed by atoms with Crippen molar-refractivity contribution >= 4 is 24.0 Å². The Hall–Kier alpha value is -5.74. The number of benzene rings is 2. The van der Waals surface area contributed by atoms with Crippen LogP contribution in [0.25, 0.3) is 33.9 Å². The maximum absolute atomic E-state index is 14.2. The summed E-state index contributed by atoms with van der Waals surface area (Å²) in [6.45, 7) is 6.74. The van der Waals surface area contributed by atoms with Crippen molar-refractivity contribution in [2.45, 2.75) is 95.4 Å². The standard InChI is InChI=1S/C47H60N8O8/c1-5-7-37(54(6-2)44(56)40(52-46(58)60-3)30-16-20-62-21-17-30)35-26-48-42(50-35)32-12-8-28(9-13-32)29-10-14-33(15-11-29)43-49-27-36(51-43)39-25-34-24-38(34)55(39)45(57)41(53-47(59)61-4)31-18-22-63-23-19-31/h8-15,26-27,30-31,34,37-41H,5-7,16-25H2,1-4H3,(H,48,50)(H,49,51)(H,52,58)(H,53,59)/t34-,37+,38-,39+,40+,41+/m1/s1. The van der Waals surface area contributed by atoms with E-state index in [2.05, 4.69) is 51.8 Å². The number of methoxy groups -OCH3 is 2.